The van der Waals surface area contributed by atoms with Crippen LogP contribution in [0, 0.1) is 0 Å². The Hall–Kier alpha value is -3.21. The van der Waals surface area contributed by atoms with Crippen LogP contribution in [0.1, 0.15) is 23.3 Å². The molecule has 1 atom stereocenters. The number of alkyl halides is 3. The van der Waals surface area contributed by atoms with Crippen LogP contribution in [-0.2, 0) is 0 Å². The zero-order valence-electron chi connectivity index (χ0n) is 15.1. The van der Waals surface area contributed by atoms with Crippen LogP contribution >= 0.6 is 11.6 Å². The second kappa shape index (κ2) is 8.03. The van der Waals surface area contributed by atoms with E-state index in [0.717, 1.165) is 17.8 Å². The van der Waals surface area contributed by atoms with Crippen molar-refractivity contribution in [2.75, 3.05) is 12.4 Å². The van der Waals surface area contributed by atoms with Crippen LogP contribution in [0.15, 0.2) is 36.8 Å². The molecule has 0 aliphatic carbocycles. The maximum absolute atomic E-state index is 13.1. The Balaban J connectivity index is 1.90. The molecule has 0 fully saturated rings. The Bertz CT molecular complexity index is 1040. The summed E-state index contributed by atoms with van der Waals surface area (Å²) >= 11 is 5.87. The SMILES string of the molecule is COc1ncc(Cl)cc1C(=O)Nc1cccc(-c2nncn2C(C)C(F)(F)F)n1. The van der Waals surface area contributed by atoms with Gasteiger partial charge in [-0.2, -0.15) is 13.2 Å². The zero-order valence-corrected chi connectivity index (χ0v) is 15.9. The molecule has 3 aromatic heterocycles. The molecule has 3 rings (SSSR count). The van der Waals surface area contributed by atoms with Crippen molar-refractivity contribution in [3.8, 4) is 17.4 Å². The van der Waals surface area contributed by atoms with E-state index in [9.17, 15) is 18.0 Å². The van der Waals surface area contributed by atoms with Gasteiger partial charge in [-0.3, -0.25) is 4.79 Å². The third kappa shape index (κ3) is 4.45. The smallest absolute Gasteiger partial charge is 0.408 e. The molecule has 0 radical (unpaired) electrons. The third-order valence-electron chi connectivity index (χ3n) is 3.94. The number of aromatic nitrogens is 5. The van der Waals surface area contributed by atoms with Gasteiger partial charge >= 0.3 is 6.18 Å². The fourth-order valence-corrected chi connectivity index (χ4v) is 2.59. The van der Waals surface area contributed by atoms with Gasteiger partial charge in [-0.05, 0) is 25.1 Å². The number of carbonyl (C=O) groups is 1. The van der Waals surface area contributed by atoms with Crippen molar-refractivity contribution < 1.29 is 22.7 Å². The van der Waals surface area contributed by atoms with Gasteiger partial charge in [0.2, 0.25) is 5.88 Å². The number of carbonyl (C=O) groups excluding carboxylic acids is 1. The van der Waals surface area contributed by atoms with Gasteiger partial charge in [-0.25, -0.2) is 9.97 Å². The summed E-state index contributed by atoms with van der Waals surface area (Å²) in [4.78, 5) is 20.6. The number of hydrogen-bond donors (Lipinski definition) is 1. The molecule has 3 aromatic rings. The summed E-state index contributed by atoms with van der Waals surface area (Å²) in [6, 6.07) is 3.96. The summed E-state index contributed by atoms with van der Waals surface area (Å²) in [5, 5.41) is 10.0. The lowest BCUT2D eigenvalue weighted by Gasteiger charge is -2.18. The minimum Gasteiger partial charge on any atom is -0.480 e. The van der Waals surface area contributed by atoms with E-state index in [2.05, 4.69) is 25.5 Å². The highest BCUT2D eigenvalue weighted by Crippen LogP contribution is 2.32. The van der Waals surface area contributed by atoms with E-state index >= 15 is 0 Å². The quantitative estimate of drug-likeness (QED) is 0.667. The summed E-state index contributed by atoms with van der Waals surface area (Å²) in [5.41, 5.74) is 0.175. The lowest BCUT2D eigenvalue weighted by atomic mass is 10.2. The average Bonchev–Trinajstić information content (AvgIpc) is 3.16. The lowest BCUT2D eigenvalue weighted by Crippen LogP contribution is -2.24. The number of rotatable bonds is 5. The van der Waals surface area contributed by atoms with Gasteiger partial charge < -0.3 is 14.6 Å². The van der Waals surface area contributed by atoms with Crippen LogP contribution in [0.2, 0.25) is 5.02 Å². The van der Waals surface area contributed by atoms with Crippen molar-refractivity contribution >= 4 is 23.3 Å². The first-order valence-electron chi connectivity index (χ1n) is 8.15. The average molecular weight is 427 g/mol. The Labute approximate surface area is 167 Å². The van der Waals surface area contributed by atoms with Gasteiger partial charge in [0, 0.05) is 6.20 Å². The zero-order chi connectivity index (χ0) is 21.2. The number of halogens is 4. The van der Waals surface area contributed by atoms with Crippen molar-refractivity contribution in [3.63, 3.8) is 0 Å². The number of anilines is 1. The molecule has 3 heterocycles. The number of pyridine rings is 2. The number of hydrogen-bond acceptors (Lipinski definition) is 6. The summed E-state index contributed by atoms with van der Waals surface area (Å²) in [7, 11) is 1.35. The Morgan fingerprint density at radius 2 is 2.10 bits per heavy atom. The van der Waals surface area contributed by atoms with Gasteiger partial charge in [0.15, 0.2) is 5.82 Å². The maximum atomic E-state index is 13.1. The highest BCUT2D eigenvalue weighted by molar-refractivity contribution is 6.31. The summed E-state index contributed by atoms with van der Waals surface area (Å²) < 4.78 is 45.1. The molecule has 0 saturated carbocycles. The first kappa shape index (κ1) is 20.5. The monoisotopic (exact) mass is 426 g/mol. The fourth-order valence-electron chi connectivity index (χ4n) is 2.43. The second-order valence-electron chi connectivity index (χ2n) is 5.85. The number of nitrogens with zero attached hydrogens (tertiary/aromatic N) is 5. The first-order valence-corrected chi connectivity index (χ1v) is 8.53. The molecule has 1 amide bonds. The molecular formula is C17H14ClF3N6O2. The van der Waals surface area contributed by atoms with E-state index < -0.39 is 18.1 Å². The van der Waals surface area contributed by atoms with Crippen LogP contribution in [0.3, 0.4) is 0 Å². The molecule has 1 unspecified atom stereocenters. The van der Waals surface area contributed by atoms with Crippen molar-refractivity contribution in [2.24, 2.45) is 0 Å². The highest BCUT2D eigenvalue weighted by atomic mass is 35.5. The van der Waals surface area contributed by atoms with Gasteiger partial charge in [0.1, 0.15) is 29.4 Å². The molecule has 0 aromatic carbocycles. The van der Waals surface area contributed by atoms with E-state index in [0.29, 0.717) is 0 Å². The largest absolute Gasteiger partial charge is 0.480 e. The van der Waals surface area contributed by atoms with E-state index in [1.807, 2.05) is 0 Å². The number of ether oxygens (including phenoxy) is 1. The number of nitrogens with one attached hydrogen (secondary N) is 1. The molecule has 0 saturated heterocycles. The Kier molecular flexibility index (Phi) is 5.69. The van der Waals surface area contributed by atoms with Crippen molar-refractivity contribution in [1.82, 2.24) is 24.7 Å². The van der Waals surface area contributed by atoms with Crippen molar-refractivity contribution in [2.45, 2.75) is 19.1 Å². The molecule has 29 heavy (non-hydrogen) atoms. The molecule has 0 spiro atoms. The number of amides is 1. The van der Waals surface area contributed by atoms with Crippen molar-refractivity contribution in [3.05, 3.63) is 47.4 Å². The van der Waals surface area contributed by atoms with Gasteiger partial charge in [-0.1, -0.05) is 17.7 Å². The molecule has 1 N–H and O–H groups in total. The normalized spacial score (nSPS) is 12.5. The molecule has 0 aliphatic rings. The predicted octanol–water partition coefficient (Wildman–Crippen LogP) is 3.77. The van der Waals surface area contributed by atoms with Crippen LogP contribution < -0.4 is 10.1 Å². The third-order valence-corrected chi connectivity index (χ3v) is 4.15. The van der Waals surface area contributed by atoms with Crippen LogP contribution in [0.4, 0.5) is 19.0 Å². The van der Waals surface area contributed by atoms with Crippen LogP contribution in [0.5, 0.6) is 5.88 Å². The van der Waals surface area contributed by atoms with Crippen LogP contribution in [-0.4, -0.2) is 43.9 Å². The van der Waals surface area contributed by atoms with Gasteiger partial charge in [0.25, 0.3) is 5.91 Å². The van der Waals surface area contributed by atoms with E-state index in [-0.39, 0.29) is 33.8 Å². The Morgan fingerprint density at radius 1 is 1.34 bits per heavy atom. The summed E-state index contributed by atoms with van der Waals surface area (Å²) in [5.74, 6) is -0.551. The van der Waals surface area contributed by atoms with Gasteiger partial charge in [0.05, 0.1) is 12.1 Å². The molecular weight excluding hydrogens is 413 g/mol. The van der Waals surface area contributed by atoms with E-state index in [4.69, 9.17) is 16.3 Å². The minimum atomic E-state index is -4.49. The first-order chi connectivity index (χ1) is 13.7. The molecule has 12 heteroatoms. The molecule has 8 nitrogen and oxygen atoms in total. The lowest BCUT2D eigenvalue weighted by molar-refractivity contribution is -0.162. The van der Waals surface area contributed by atoms with Crippen LogP contribution in [0.25, 0.3) is 11.5 Å². The second-order valence-corrected chi connectivity index (χ2v) is 6.29. The standard InChI is InChI=1S/C17H14ClF3N6O2/c1-9(17(19,20)21)27-8-23-26-14(27)12-4-3-5-13(24-12)25-15(28)11-6-10(18)7-22-16(11)29-2/h3-9H,1-2H3,(H,24,25,28). The topological polar surface area (TPSA) is 94.8 Å². The van der Waals surface area contributed by atoms with E-state index in [1.54, 1.807) is 0 Å². The van der Waals surface area contributed by atoms with Crippen molar-refractivity contribution in [1.29, 1.82) is 0 Å². The molecule has 0 aliphatic heterocycles. The molecule has 152 valence electrons. The summed E-state index contributed by atoms with van der Waals surface area (Å²) in [6.07, 6.45) is -2.19. The molecule has 0 bridgehead atoms. The fraction of sp³-hybridized carbons (Fsp3) is 0.235. The predicted molar refractivity (Wildman–Crippen MR) is 97.8 cm³/mol. The minimum absolute atomic E-state index is 0.0572. The number of methoxy groups -OCH3 is 1. The summed E-state index contributed by atoms with van der Waals surface area (Å²) in [6.45, 7) is 0.983. The van der Waals surface area contributed by atoms with Gasteiger partial charge in [-0.15, -0.1) is 10.2 Å². The Morgan fingerprint density at radius 3 is 2.79 bits per heavy atom. The van der Waals surface area contributed by atoms with E-state index in [1.165, 1.54) is 37.6 Å². The highest BCUT2D eigenvalue weighted by Gasteiger charge is 2.38. The maximum Gasteiger partial charge on any atom is 0.408 e.